The molecule has 1 fully saturated rings. The van der Waals surface area contributed by atoms with Gasteiger partial charge in [0.15, 0.2) is 0 Å². The van der Waals surface area contributed by atoms with Crippen molar-refractivity contribution in [3.05, 3.63) is 84.1 Å². The maximum absolute atomic E-state index is 12.8. The number of hydrogen-bond acceptors (Lipinski definition) is 3. The number of aromatic nitrogens is 3. The second-order valence-corrected chi connectivity index (χ2v) is 8.60. The van der Waals surface area contributed by atoms with Crippen LogP contribution >= 0.6 is 0 Å². The molecule has 1 amide bonds. The summed E-state index contributed by atoms with van der Waals surface area (Å²) in [7, 11) is 1.65. The lowest BCUT2D eigenvalue weighted by Gasteiger charge is -2.31. The molecule has 6 nitrogen and oxygen atoms in total. The molecule has 0 saturated carbocycles. The molecule has 0 bridgehead atoms. The highest BCUT2D eigenvalue weighted by Gasteiger charge is 2.23. The predicted molar refractivity (Wildman–Crippen MR) is 131 cm³/mol. The van der Waals surface area contributed by atoms with Gasteiger partial charge in [0.25, 0.3) is 0 Å². The fraction of sp³-hybridized carbons (Fsp3) is 0.259. The first kappa shape index (κ1) is 21.1. The van der Waals surface area contributed by atoms with E-state index in [0.29, 0.717) is 5.92 Å². The number of piperidine rings is 1. The van der Waals surface area contributed by atoms with Crippen LogP contribution in [0.25, 0.3) is 22.7 Å². The van der Waals surface area contributed by atoms with E-state index in [4.69, 9.17) is 4.74 Å². The van der Waals surface area contributed by atoms with Crippen molar-refractivity contribution in [3.63, 3.8) is 0 Å². The lowest BCUT2D eigenvalue weighted by atomic mass is 9.93. The van der Waals surface area contributed by atoms with E-state index in [9.17, 15) is 4.79 Å². The summed E-state index contributed by atoms with van der Waals surface area (Å²) in [5, 5.41) is 1.25. The number of nitrogens with zero attached hydrogens (tertiary/aromatic N) is 3. The Bertz CT molecular complexity index is 1280. The van der Waals surface area contributed by atoms with Gasteiger partial charge in [0.2, 0.25) is 5.91 Å². The number of carbonyl (C=O) groups is 1. The summed E-state index contributed by atoms with van der Waals surface area (Å²) in [6.45, 7) is 3.49. The zero-order valence-corrected chi connectivity index (χ0v) is 19.0. The van der Waals surface area contributed by atoms with Gasteiger partial charge in [-0.25, -0.2) is 4.98 Å². The molecule has 1 aliphatic heterocycles. The van der Waals surface area contributed by atoms with Gasteiger partial charge in [-0.15, -0.1) is 0 Å². The van der Waals surface area contributed by atoms with Gasteiger partial charge in [0.05, 0.1) is 24.8 Å². The number of aromatic amines is 1. The molecule has 6 heteroatoms. The lowest BCUT2D eigenvalue weighted by Crippen LogP contribution is -2.36. The monoisotopic (exact) mass is 440 g/mol. The Hall–Kier alpha value is -3.80. The third kappa shape index (κ3) is 4.42. The smallest absolute Gasteiger partial charge is 0.246 e. The molecule has 2 aromatic heterocycles. The number of H-pyrrole nitrogens is 1. The van der Waals surface area contributed by atoms with Crippen molar-refractivity contribution in [1.29, 1.82) is 0 Å². The molecular weight excluding hydrogens is 412 g/mol. The number of hydrogen-bond donors (Lipinski definition) is 1. The van der Waals surface area contributed by atoms with E-state index in [1.54, 1.807) is 19.5 Å². The number of ether oxygens (including phenoxy) is 1. The van der Waals surface area contributed by atoms with Crippen molar-refractivity contribution >= 4 is 22.9 Å². The molecule has 3 heterocycles. The molecule has 33 heavy (non-hydrogen) atoms. The van der Waals surface area contributed by atoms with Crippen molar-refractivity contribution in [2.75, 3.05) is 20.2 Å². The molecule has 2 aromatic carbocycles. The number of rotatable bonds is 5. The summed E-state index contributed by atoms with van der Waals surface area (Å²) >= 11 is 0. The summed E-state index contributed by atoms with van der Waals surface area (Å²) in [6, 6.07) is 16.5. The van der Waals surface area contributed by atoms with Crippen LogP contribution in [-0.4, -0.2) is 45.5 Å². The number of fused-ring (bicyclic) bond motifs is 1. The Morgan fingerprint density at radius 3 is 2.70 bits per heavy atom. The van der Waals surface area contributed by atoms with Gasteiger partial charge in [-0.1, -0.05) is 24.3 Å². The van der Waals surface area contributed by atoms with Crippen LogP contribution in [0.5, 0.6) is 5.75 Å². The second-order valence-electron chi connectivity index (χ2n) is 8.60. The quantitative estimate of drug-likeness (QED) is 0.440. The van der Waals surface area contributed by atoms with Gasteiger partial charge in [-0.3, -0.25) is 4.79 Å². The second kappa shape index (κ2) is 8.98. The van der Waals surface area contributed by atoms with Crippen molar-refractivity contribution in [2.45, 2.75) is 25.7 Å². The Morgan fingerprint density at radius 2 is 1.97 bits per heavy atom. The normalized spacial score (nSPS) is 14.9. The molecular formula is C27H28N4O2. The number of methoxy groups -OCH3 is 1. The van der Waals surface area contributed by atoms with Gasteiger partial charge in [-0.05, 0) is 61.1 Å². The number of benzene rings is 2. The molecule has 5 rings (SSSR count). The summed E-state index contributed by atoms with van der Waals surface area (Å²) < 4.78 is 7.50. The van der Waals surface area contributed by atoms with Gasteiger partial charge in [0.1, 0.15) is 5.75 Å². The average molecular weight is 441 g/mol. The van der Waals surface area contributed by atoms with Gasteiger partial charge in [-0.2, -0.15) is 0 Å². The summed E-state index contributed by atoms with van der Waals surface area (Å²) in [4.78, 5) is 22.6. The minimum Gasteiger partial charge on any atom is -0.495 e. The Labute approximate surface area is 193 Å². The third-order valence-corrected chi connectivity index (χ3v) is 6.41. The molecule has 0 radical (unpaired) electrons. The average Bonchev–Trinajstić information content (AvgIpc) is 3.48. The highest BCUT2D eigenvalue weighted by molar-refractivity contribution is 5.92. The van der Waals surface area contributed by atoms with E-state index in [1.807, 2.05) is 46.9 Å². The maximum atomic E-state index is 12.8. The minimum absolute atomic E-state index is 0.0541. The SMILES string of the molecule is COc1cc(/C=C/C(=O)N2CCC(c3cc4ccccc4[nH]3)CC2)ccc1-n1cnc(C)c1. The standard InChI is InChI=1S/C27H28N4O2/c1-19-17-31(18-28-19)25-9-7-20(15-26(25)33-2)8-10-27(32)30-13-11-21(12-14-30)24-16-22-5-3-4-6-23(22)29-24/h3-10,15-18,21,29H,11-14H2,1-2H3/b10-8+. The number of carbonyl (C=O) groups excluding carboxylic acids is 1. The van der Waals surface area contributed by atoms with Crippen molar-refractivity contribution in [2.24, 2.45) is 0 Å². The fourth-order valence-corrected chi connectivity index (χ4v) is 4.56. The van der Waals surface area contributed by atoms with E-state index in [1.165, 1.54) is 16.6 Å². The van der Waals surface area contributed by atoms with Crippen LogP contribution in [0.15, 0.2) is 67.1 Å². The fourth-order valence-electron chi connectivity index (χ4n) is 4.56. The Kier molecular flexibility index (Phi) is 5.73. The Morgan fingerprint density at radius 1 is 1.15 bits per heavy atom. The first-order chi connectivity index (χ1) is 16.1. The largest absolute Gasteiger partial charge is 0.495 e. The molecule has 1 saturated heterocycles. The van der Waals surface area contributed by atoms with Crippen LogP contribution in [0.4, 0.5) is 0 Å². The molecule has 0 atom stereocenters. The molecule has 1 N–H and O–H groups in total. The van der Waals surface area contributed by atoms with E-state index in [-0.39, 0.29) is 5.91 Å². The van der Waals surface area contributed by atoms with Crippen molar-refractivity contribution in [1.82, 2.24) is 19.4 Å². The zero-order chi connectivity index (χ0) is 22.8. The van der Waals surface area contributed by atoms with E-state index < -0.39 is 0 Å². The van der Waals surface area contributed by atoms with Gasteiger partial charge < -0.3 is 19.2 Å². The van der Waals surface area contributed by atoms with Crippen LogP contribution in [0, 0.1) is 6.92 Å². The number of imidazole rings is 1. The van der Waals surface area contributed by atoms with Crippen molar-refractivity contribution < 1.29 is 9.53 Å². The first-order valence-electron chi connectivity index (χ1n) is 11.3. The third-order valence-electron chi connectivity index (χ3n) is 6.41. The van der Waals surface area contributed by atoms with E-state index >= 15 is 0 Å². The number of likely N-dealkylation sites (tertiary alicyclic amines) is 1. The summed E-state index contributed by atoms with van der Waals surface area (Å²) in [6.07, 6.45) is 9.19. The molecule has 0 aliphatic carbocycles. The van der Waals surface area contributed by atoms with E-state index in [0.717, 1.165) is 48.6 Å². The van der Waals surface area contributed by atoms with Gasteiger partial charge in [0, 0.05) is 42.5 Å². The highest BCUT2D eigenvalue weighted by atomic mass is 16.5. The Balaban J connectivity index is 1.22. The predicted octanol–water partition coefficient (Wildman–Crippen LogP) is 5.09. The van der Waals surface area contributed by atoms with Crippen LogP contribution in [0.2, 0.25) is 0 Å². The summed E-state index contributed by atoms with van der Waals surface area (Å²) in [5.41, 5.74) is 5.24. The lowest BCUT2D eigenvalue weighted by molar-refractivity contribution is -0.126. The molecule has 0 unspecified atom stereocenters. The van der Waals surface area contributed by atoms with Gasteiger partial charge >= 0.3 is 0 Å². The molecule has 4 aromatic rings. The van der Waals surface area contributed by atoms with Crippen LogP contribution in [0.3, 0.4) is 0 Å². The van der Waals surface area contributed by atoms with Crippen molar-refractivity contribution in [3.8, 4) is 11.4 Å². The summed E-state index contributed by atoms with van der Waals surface area (Å²) in [5.74, 6) is 1.26. The number of nitrogens with one attached hydrogen (secondary N) is 1. The molecule has 0 spiro atoms. The van der Waals surface area contributed by atoms with Crippen LogP contribution < -0.4 is 4.74 Å². The van der Waals surface area contributed by atoms with Crippen LogP contribution in [0.1, 0.15) is 35.7 Å². The number of aryl methyl sites for hydroxylation is 1. The number of amides is 1. The maximum Gasteiger partial charge on any atom is 0.246 e. The highest BCUT2D eigenvalue weighted by Crippen LogP contribution is 2.30. The topological polar surface area (TPSA) is 63.1 Å². The first-order valence-corrected chi connectivity index (χ1v) is 11.3. The van der Waals surface area contributed by atoms with Crippen LogP contribution in [-0.2, 0) is 4.79 Å². The number of para-hydroxylation sites is 1. The minimum atomic E-state index is 0.0541. The van der Waals surface area contributed by atoms with E-state index in [2.05, 4.69) is 40.3 Å². The zero-order valence-electron chi connectivity index (χ0n) is 19.0. The molecule has 1 aliphatic rings. The molecule has 168 valence electrons.